The first-order chi connectivity index (χ1) is 16.3. The Balaban J connectivity index is 1.43. The van der Waals surface area contributed by atoms with Gasteiger partial charge in [-0.05, 0) is 36.6 Å². The van der Waals surface area contributed by atoms with Crippen LogP contribution in [0.5, 0.6) is 5.88 Å². The van der Waals surface area contributed by atoms with Crippen LogP contribution in [0.3, 0.4) is 0 Å². The average molecular weight is 477 g/mol. The number of fused-ring (bicyclic) bond motifs is 2. The van der Waals surface area contributed by atoms with Crippen LogP contribution < -0.4 is 10.1 Å². The second-order valence-electron chi connectivity index (χ2n) is 8.06. The fourth-order valence-electron chi connectivity index (χ4n) is 4.07. The number of rotatable bonds is 8. The first-order valence-electron chi connectivity index (χ1n) is 10.7. The Morgan fingerprint density at radius 1 is 1.24 bits per heavy atom. The molecule has 13 heteroatoms. The third kappa shape index (κ3) is 4.35. The van der Waals surface area contributed by atoms with Gasteiger partial charge in [-0.1, -0.05) is 11.3 Å². The van der Waals surface area contributed by atoms with Crippen molar-refractivity contribution in [3.63, 3.8) is 0 Å². The Morgan fingerprint density at radius 2 is 2.06 bits per heavy atom. The third-order valence-electron chi connectivity index (χ3n) is 5.70. The zero-order chi connectivity index (χ0) is 23.9. The zero-order valence-electron chi connectivity index (χ0n) is 18.2. The minimum Gasteiger partial charge on any atom is -0.479 e. The molecule has 0 radical (unpaired) electrons. The Labute approximate surface area is 191 Å². The summed E-state index contributed by atoms with van der Waals surface area (Å²) in [6.45, 7) is -0.910. The lowest BCUT2D eigenvalue weighted by molar-refractivity contribution is -0.142. The number of hydrogen-bond donors (Lipinski definition) is 2. The molecule has 0 spiro atoms. The minimum atomic E-state index is -4.41. The quantitative estimate of drug-likeness (QED) is 0.399. The molecular weight excluding hydrogens is 455 g/mol. The molecule has 1 aromatic carbocycles. The molecule has 3 aromatic heterocycles. The van der Waals surface area contributed by atoms with Crippen molar-refractivity contribution >= 4 is 22.5 Å². The molecule has 0 amide bonds. The van der Waals surface area contributed by atoms with E-state index in [1.807, 2.05) is 0 Å². The molecular formula is C21H22F3N7O3. The number of aliphatic hydroxyl groups is 1. The van der Waals surface area contributed by atoms with Crippen LogP contribution in [-0.4, -0.2) is 73.3 Å². The number of ether oxygens (including phenoxy) is 2. The van der Waals surface area contributed by atoms with E-state index in [2.05, 4.69) is 25.7 Å². The van der Waals surface area contributed by atoms with Crippen LogP contribution >= 0.6 is 0 Å². The number of aromatic nitrogens is 6. The van der Waals surface area contributed by atoms with Gasteiger partial charge in [0, 0.05) is 17.8 Å². The molecule has 180 valence electrons. The summed E-state index contributed by atoms with van der Waals surface area (Å²) in [5, 5.41) is 24.1. The second kappa shape index (κ2) is 8.72. The van der Waals surface area contributed by atoms with Gasteiger partial charge < -0.3 is 19.9 Å². The predicted octanol–water partition coefficient (Wildman–Crippen LogP) is 2.66. The van der Waals surface area contributed by atoms with Gasteiger partial charge in [-0.25, -0.2) is 9.20 Å². The monoisotopic (exact) mass is 477 g/mol. The van der Waals surface area contributed by atoms with Crippen molar-refractivity contribution in [1.82, 2.24) is 29.6 Å². The van der Waals surface area contributed by atoms with E-state index in [1.165, 1.54) is 7.11 Å². The number of nitrogens with zero attached hydrogens (tertiary/aromatic N) is 6. The summed E-state index contributed by atoms with van der Waals surface area (Å²) < 4.78 is 52.2. The van der Waals surface area contributed by atoms with E-state index >= 15 is 0 Å². The highest BCUT2D eigenvalue weighted by molar-refractivity contribution is 5.89. The molecule has 4 aromatic rings. The topological polar surface area (TPSA) is 112 Å². The molecule has 0 atom stereocenters. The van der Waals surface area contributed by atoms with Crippen molar-refractivity contribution in [2.45, 2.75) is 37.7 Å². The van der Waals surface area contributed by atoms with Crippen molar-refractivity contribution in [3.05, 3.63) is 30.5 Å². The Bertz CT molecular complexity index is 1310. The van der Waals surface area contributed by atoms with E-state index in [0.717, 1.165) is 17.5 Å². The molecule has 1 fully saturated rings. The number of aliphatic hydroxyl groups excluding tert-OH is 1. The van der Waals surface area contributed by atoms with Crippen LogP contribution in [0.4, 0.5) is 19.1 Å². The van der Waals surface area contributed by atoms with Gasteiger partial charge in [0.25, 0.3) is 0 Å². The smallest absolute Gasteiger partial charge is 0.408 e. The summed E-state index contributed by atoms with van der Waals surface area (Å²) in [7, 11) is 1.50. The van der Waals surface area contributed by atoms with Gasteiger partial charge in [0.1, 0.15) is 17.6 Å². The maximum Gasteiger partial charge on any atom is 0.408 e. The van der Waals surface area contributed by atoms with Gasteiger partial charge >= 0.3 is 6.18 Å². The van der Waals surface area contributed by atoms with Gasteiger partial charge in [-0.2, -0.15) is 18.2 Å². The molecule has 0 aliphatic heterocycles. The molecule has 0 unspecified atom stereocenters. The van der Waals surface area contributed by atoms with E-state index in [1.54, 1.807) is 35.0 Å². The second-order valence-corrected chi connectivity index (χ2v) is 8.06. The summed E-state index contributed by atoms with van der Waals surface area (Å²) in [6.07, 6.45) is -1.02. The predicted molar refractivity (Wildman–Crippen MR) is 116 cm³/mol. The molecule has 34 heavy (non-hydrogen) atoms. The summed E-state index contributed by atoms with van der Waals surface area (Å²) in [4.78, 5) is 4.48. The highest BCUT2D eigenvalue weighted by Gasteiger charge is 2.31. The minimum absolute atomic E-state index is 0.00431. The number of methoxy groups -OCH3 is 1. The molecule has 1 saturated carbocycles. The van der Waals surface area contributed by atoms with E-state index in [0.29, 0.717) is 40.6 Å². The standard InChI is InChI=1S/C21H22F3N7O3/c1-33-19-18-15(12-2-3-16-17(8-12)31(29-27-16)11-21(22,23)24)4-5-30(18)28-20(26-19)25-13-9-14(10-13)34-7-6-32/h2-5,8,13-14,32H,6-7,9-11H2,1H3,(H,25,28). The third-order valence-corrected chi connectivity index (χ3v) is 5.70. The van der Waals surface area contributed by atoms with Crippen molar-refractivity contribution < 1.29 is 27.8 Å². The number of anilines is 1. The SMILES string of the molecule is COc1nc(NC2CC(OCCO)C2)nn2ccc(-c3ccc4nnn(CC(F)(F)F)c4c3)c12. The average Bonchev–Trinajstić information content (AvgIpc) is 3.37. The summed E-state index contributed by atoms with van der Waals surface area (Å²) in [6, 6.07) is 6.95. The van der Waals surface area contributed by atoms with Gasteiger partial charge in [-0.15, -0.1) is 10.2 Å². The number of hydrogen-bond acceptors (Lipinski definition) is 8. The van der Waals surface area contributed by atoms with Crippen molar-refractivity contribution in [2.24, 2.45) is 0 Å². The highest BCUT2D eigenvalue weighted by Crippen LogP contribution is 2.34. The molecule has 1 aliphatic rings. The van der Waals surface area contributed by atoms with Gasteiger partial charge in [0.15, 0.2) is 0 Å². The zero-order valence-corrected chi connectivity index (χ0v) is 18.2. The van der Waals surface area contributed by atoms with Crippen LogP contribution in [0.2, 0.25) is 0 Å². The van der Waals surface area contributed by atoms with Crippen LogP contribution in [-0.2, 0) is 11.3 Å². The number of halogens is 3. The van der Waals surface area contributed by atoms with Gasteiger partial charge in [0.05, 0.1) is 31.9 Å². The van der Waals surface area contributed by atoms with Crippen molar-refractivity contribution in [1.29, 1.82) is 0 Å². The van der Waals surface area contributed by atoms with Crippen molar-refractivity contribution in [3.8, 4) is 17.0 Å². The Morgan fingerprint density at radius 3 is 2.79 bits per heavy atom. The Kier molecular flexibility index (Phi) is 5.73. The number of alkyl halides is 3. The van der Waals surface area contributed by atoms with Gasteiger partial charge in [0.2, 0.25) is 11.8 Å². The first kappa shape index (κ1) is 22.3. The molecule has 10 nitrogen and oxygen atoms in total. The lowest BCUT2D eigenvalue weighted by Crippen LogP contribution is -2.41. The molecule has 3 heterocycles. The van der Waals surface area contributed by atoms with Crippen LogP contribution in [0.25, 0.3) is 27.7 Å². The maximum atomic E-state index is 12.9. The highest BCUT2D eigenvalue weighted by atomic mass is 19.4. The van der Waals surface area contributed by atoms with E-state index < -0.39 is 12.7 Å². The maximum absolute atomic E-state index is 12.9. The van der Waals surface area contributed by atoms with Crippen LogP contribution in [0.15, 0.2) is 30.5 Å². The molecule has 0 bridgehead atoms. The molecule has 0 saturated heterocycles. The number of benzene rings is 1. The number of nitrogens with one attached hydrogen (secondary N) is 1. The van der Waals surface area contributed by atoms with E-state index in [9.17, 15) is 13.2 Å². The lowest BCUT2D eigenvalue weighted by Gasteiger charge is -2.35. The van der Waals surface area contributed by atoms with Crippen LogP contribution in [0.1, 0.15) is 12.8 Å². The van der Waals surface area contributed by atoms with E-state index in [-0.39, 0.29) is 24.3 Å². The Hall–Kier alpha value is -3.45. The van der Waals surface area contributed by atoms with Crippen LogP contribution in [0, 0.1) is 0 Å². The van der Waals surface area contributed by atoms with E-state index in [4.69, 9.17) is 14.6 Å². The molecule has 2 N–H and O–H groups in total. The summed E-state index contributed by atoms with van der Waals surface area (Å²) in [5.41, 5.74) is 2.58. The molecule has 5 rings (SSSR count). The largest absolute Gasteiger partial charge is 0.479 e. The fourth-order valence-corrected chi connectivity index (χ4v) is 4.07. The first-order valence-corrected chi connectivity index (χ1v) is 10.7. The summed E-state index contributed by atoms with van der Waals surface area (Å²) >= 11 is 0. The lowest BCUT2D eigenvalue weighted by atomic mass is 9.89. The molecule has 1 aliphatic carbocycles. The normalized spacial score (nSPS) is 18.4. The van der Waals surface area contributed by atoms with Crippen molar-refractivity contribution in [2.75, 3.05) is 25.6 Å². The summed E-state index contributed by atoms with van der Waals surface area (Å²) in [5.74, 6) is 0.715. The van der Waals surface area contributed by atoms with Gasteiger partial charge in [-0.3, -0.25) is 0 Å². The fraction of sp³-hybridized carbons (Fsp3) is 0.429.